The molecular formula is C12H22F3N3O2. The molecule has 5 nitrogen and oxygen atoms in total. The first kappa shape index (κ1) is 17.2. The number of amides is 1. The van der Waals surface area contributed by atoms with Crippen molar-refractivity contribution in [2.24, 2.45) is 11.7 Å². The molecule has 1 amide bonds. The maximum atomic E-state index is 12.2. The number of rotatable bonds is 7. The lowest BCUT2D eigenvalue weighted by atomic mass is 10.1. The van der Waals surface area contributed by atoms with E-state index >= 15 is 0 Å². The van der Waals surface area contributed by atoms with E-state index in [4.69, 9.17) is 10.5 Å². The molecule has 8 heteroatoms. The number of nitrogens with zero attached hydrogens (tertiary/aromatic N) is 1. The summed E-state index contributed by atoms with van der Waals surface area (Å²) in [4.78, 5) is 13.0. The van der Waals surface area contributed by atoms with E-state index in [1.54, 1.807) is 0 Å². The van der Waals surface area contributed by atoms with Crippen LogP contribution < -0.4 is 11.1 Å². The minimum absolute atomic E-state index is 0.0696. The molecule has 0 aromatic rings. The van der Waals surface area contributed by atoms with Crippen LogP contribution in [0.25, 0.3) is 0 Å². The van der Waals surface area contributed by atoms with Crippen molar-refractivity contribution in [2.45, 2.75) is 25.1 Å². The molecule has 0 aliphatic carbocycles. The molecule has 0 bridgehead atoms. The van der Waals surface area contributed by atoms with E-state index < -0.39 is 12.7 Å². The molecule has 20 heavy (non-hydrogen) atoms. The van der Waals surface area contributed by atoms with E-state index in [1.165, 1.54) is 12.0 Å². The van der Waals surface area contributed by atoms with Crippen LogP contribution in [0.5, 0.6) is 0 Å². The van der Waals surface area contributed by atoms with Crippen molar-refractivity contribution in [1.82, 2.24) is 10.2 Å². The Hall–Kier alpha value is -0.860. The number of hydrogen-bond acceptors (Lipinski definition) is 4. The monoisotopic (exact) mass is 297 g/mol. The van der Waals surface area contributed by atoms with Gasteiger partial charge in [-0.3, -0.25) is 9.69 Å². The molecule has 1 heterocycles. The second kappa shape index (κ2) is 7.80. The number of halogens is 3. The maximum Gasteiger partial charge on any atom is 0.401 e. The first-order valence-electron chi connectivity index (χ1n) is 6.62. The highest BCUT2D eigenvalue weighted by Crippen LogP contribution is 2.22. The Kier molecular flexibility index (Phi) is 6.70. The smallest absolute Gasteiger partial charge is 0.380 e. The highest BCUT2D eigenvalue weighted by Gasteiger charge is 2.34. The van der Waals surface area contributed by atoms with Crippen LogP contribution >= 0.6 is 0 Å². The quantitative estimate of drug-likeness (QED) is 0.711. The average Bonchev–Trinajstić information content (AvgIpc) is 2.78. The molecule has 2 atom stereocenters. The molecule has 1 aliphatic rings. The Labute approximate surface area is 116 Å². The normalized spacial score (nSPS) is 21.9. The maximum absolute atomic E-state index is 12.2. The van der Waals surface area contributed by atoms with E-state index in [1.807, 2.05) is 0 Å². The number of methoxy groups -OCH3 is 1. The van der Waals surface area contributed by atoms with Gasteiger partial charge in [0.2, 0.25) is 5.91 Å². The van der Waals surface area contributed by atoms with Gasteiger partial charge in [-0.15, -0.1) is 0 Å². The van der Waals surface area contributed by atoms with E-state index in [2.05, 4.69) is 5.32 Å². The molecule has 1 fully saturated rings. The Morgan fingerprint density at radius 1 is 1.55 bits per heavy atom. The van der Waals surface area contributed by atoms with Crippen LogP contribution in [-0.2, 0) is 9.53 Å². The molecule has 0 aromatic heterocycles. The zero-order chi connectivity index (χ0) is 15.2. The lowest BCUT2D eigenvalue weighted by molar-refractivity contribution is -0.143. The van der Waals surface area contributed by atoms with Crippen molar-refractivity contribution in [2.75, 3.05) is 39.8 Å². The third-order valence-corrected chi connectivity index (χ3v) is 3.37. The standard InChI is InChI=1S/C12H22F3N3O2/c1-20-10(5-16)4-11(19)17-6-9-2-3-18(7-9)8-12(13,14)15/h9-10H,2-8,16H2,1H3,(H,17,19). The topological polar surface area (TPSA) is 67.6 Å². The van der Waals surface area contributed by atoms with Gasteiger partial charge >= 0.3 is 6.18 Å². The molecule has 0 spiro atoms. The summed E-state index contributed by atoms with van der Waals surface area (Å²) in [6.07, 6.45) is -3.64. The molecule has 1 rings (SSSR count). The molecule has 0 radical (unpaired) electrons. The van der Waals surface area contributed by atoms with E-state index in [0.717, 1.165) is 0 Å². The van der Waals surface area contributed by atoms with Gasteiger partial charge in [0, 0.05) is 26.7 Å². The first-order chi connectivity index (χ1) is 9.34. The minimum atomic E-state index is -4.16. The van der Waals surface area contributed by atoms with Crippen LogP contribution in [0.15, 0.2) is 0 Å². The van der Waals surface area contributed by atoms with Crippen molar-refractivity contribution in [3.05, 3.63) is 0 Å². The molecule has 2 unspecified atom stereocenters. The van der Waals surface area contributed by atoms with Gasteiger partial charge in [0.25, 0.3) is 0 Å². The minimum Gasteiger partial charge on any atom is -0.380 e. The third-order valence-electron chi connectivity index (χ3n) is 3.37. The first-order valence-corrected chi connectivity index (χ1v) is 6.62. The number of ether oxygens (including phenoxy) is 1. The number of nitrogens with two attached hydrogens (primary N) is 1. The lowest BCUT2D eigenvalue weighted by Gasteiger charge is -2.18. The summed E-state index contributed by atoms with van der Waals surface area (Å²) in [5.74, 6) is -0.114. The highest BCUT2D eigenvalue weighted by molar-refractivity contribution is 5.76. The second-order valence-electron chi connectivity index (χ2n) is 5.11. The predicted molar refractivity (Wildman–Crippen MR) is 68.1 cm³/mol. The lowest BCUT2D eigenvalue weighted by Crippen LogP contribution is -2.36. The fraction of sp³-hybridized carbons (Fsp3) is 0.917. The number of carbonyl (C=O) groups excluding carboxylic acids is 1. The van der Waals surface area contributed by atoms with Crippen LogP contribution in [0.3, 0.4) is 0 Å². The summed E-state index contributed by atoms with van der Waals surface area (Å²) < 4.78 is 41.7. The van der Waals surface area contributed by atoms with Crippen LogP contribution in [0.2, 0.25) is 0 Å². The number of carbonyl (C=O) groups is 1. The van der Waals surface area contributed by atoms with Crippen LogP contribution in [0, 0.1) is 5.92 Å². The van der Waals surface area contributed by atoms with Gasteiger partial charge in [0.15, 0.2) is 0 Å². The second-order valence-corrected chi connectivity index (χ2v) is 5.11. The number of alkyl halides is 3. The zero-order valence-corrected chi connectivity index (χ0v) is 11.6. The summed E-state index contributed by atoms with van der Waals surface area (Å²) in [5.41, 5.74) is 5.41. The fourth-order valence-electron chi connectivity index (χ4n) is 2.28. The van der Waals surface area contributed by atoms with E-state index in [0.29, 0.717) is 26.1 Å². The van der Waals surface area contributed by atoms with Gasteiger partial charge in [0.05, 0.1) is 19.1 Å². The van der Waals surface area contributed by atoms with Crippen molar-refractivity contribution in [3.63, 3.8) is 0 Å². The Morgan fingerprint density at radius 2 is 2.25 bits per heavy atom. The van der Waals surface area contributed by atoms with Crippen LogP contribution in [0.1, 0.15) is 12.8 Å². The van der Waals surface area contributed by atoms with E-state index in [-0.39, 0.29) is 30.9 Å². The van der Waals surface area contributed by atoms with Gasteiger partial charge in [0.1, 0.15) is 0 Å². The number of likely N-dealkylation sites (tertiary alicyclic amines) is 1. The Balaban J connectivity index is 2.22. The SMILES string of the molecule is COC(CN)CC(=O)NCC1CCN(CC(F)(F)F)C1. The van der Waals surface area contributed by atoms with Crippen molar-refractivity contribution in [3.8, 4) is 0 Å². The summed E-state index contributed by atoms with van der Waals surface area (Å²) in [5, 5.41) is 2.72. The van der Waals surface area contributed by atoms with Gasteiger partial charge in [-0.1, -0.05) is 0 Å². The van der Waals surface area contributed by atoms with Crippen molar-refractivity contribution in [1.29, 1.82) is 0 Å². The summed E-state index contributed by atoms with van der Waals surface area (Å²) >= 11 is 0. The largest absolute Gasteiger partial charge is 0.401 e. The Bertz CT molecular complexity index is 309. The molecule has 1 aliphatic heterocycles. The average molecular weight is 297 g/mol. The van der Waals surface area contributed by atoms with Gasteiger partial charge in [-0.25, -0.2) is 0 Å². The van der Waals surface area contributed by atoms with Crippen LogP contribution in [-0.4, -0.2) is 62.9 Å². The summed E-state index contributed by atoms with van der Waals surface area (Å²) in [6.45, 7) is 0.561. The van der Waals surface area contributed by atoms with Crippen molar-refractivity contribution < 1.29 is 22.7 Å². The number of hydrogen-bond donors (Lipinski definition) is 2. The zero-order valence-electron chi connectivity index (χ0n) is 11.6. The fourth-order valence-corrected chi connectivity index (χ4v) is 2.28. The molecule has 0 saturated carbocycles. The van der Waals surface area contributed by atoms with Gasteiger partial charge < -0.3 is 15.8 Å². The predicted octanol–water partition coefficient (Wildman–Crippen LogP) is 0.351. The van der Waals surface area contributed by atoms with Crippen LogP contribution in [0.4, 0.5) is 13.2 Å². The Morgan fingerprint density at radius 3 is 2.80 bits per heavy atom. The molecular weight excluding hydrogens is 275 g/mol. The van der Waals surface area contributed by atoms with Gasteiger partial charge in [-0.05, 0) is 18.9 Å². The summed E-state index contributed by atoms with van der Waals surface area (Å²) in [7, 11) is 1.48. The highest BCUT2D eigenvalue weighted by atomic mass is 19.4. The van der Waals surface area contributed by atoms with E-state index in [9.17, 15) is 18.0 Å². The number of nitrogens with one attached hydrogen (secondary N) is 1. The molecule has 3 N–H and O–H groups in total. The third kappa shape index (κ3) is 6.53. The summed E-state index contributed by atoms with van der Waals surface area (Å²) in [6, 6.07) is 0. The molecule has 0 aromatic carbocycles. The molecule has 118 valence electrons. The molecule has 1 saturated heterocycles. The van der Waals surface area contributed by atoms with Crippen molar-refractivity contribution >= 4 is 5.91 Å². The van der Waals surface area contributed by atoms with Gasteiger partial charge in [-0.2, -0.15) is 13.2 Å².